The highest BCUT2D eigenvalue weighted by Gasteiger charge is 2.07. The van der Waals surface area contributed by atoms with Crippen molar-refractivity contribution in [2.24, 2.45) is 0 Å². The molecule has 0 atom stereocenters. The Bertz CT molecular complexity index is 613. The van der Waals surface area contributed by atoms with Gasteiger partial charge in [0.2, 0.25) is 0 Å². The molecule has 0 spiro atoms. The number of nitrogens with zero attached hydrogens (tertiary/aromatic N) is 2. The van der Waals surface area contributed by atoms with Crippen LogP contribution in [0.15, 0.2) is 24.3 Å². The van der Waals surface area contributed by atoms with E-state index in [1.807, 2.05) is 33.0 Å². The van der Waals surface area contributed by atoms with Gasteiger partial charge in [-0.2, -0.15) is 0 Å². The van der Waals surface area contributed by atoms with E-state index in [4.69, 9.17) is 4.74 Å². The summed E-state index contributed by atoms with van der Waals surface area (Å²) in [5.41, 5.74) is 2.27. The number of aromatic nitrogens is 2. The molecule has 0 fully saturated rings. The van der Waals surface area contributed by atoms with Crippen LogP contribution in [0.2, 0.25) is 0 Å². The van der Waals surface area contributed by atoms with E-state index in [2.05, 4.69) is 32.7 Å². The van der Waals surface area contributed by atoms with Gasteiger partial charge in [0, 0.05) is 19.2 Å². The van der Waals surface area contributed by atoms with Gasteiger partial charge in [-0.1, -0.05) is 12.1 Å². The van der Waals surface area contributed by atoms with Crippen LogP contribution in [0.5, 0.6) is 5.75 Å². The van der Waals surface area contributed by atoms with Crippen LogP contribution < -0.4 is 15.4 Å². The van der Waals surface area contributed by atoms with Gasteiger partial charge in [0.05, 0.1) is 7.11 Å². The molecule has 1 aromatic heterocycles. The van der Waals surface area contributed by atoms with Crippen molar-refractivity contribution in [3.63, 3.8) is 0 Å². The molecule has 2 aromatic rings. The zero-order valence-electron chi connectivity index (χ0n) is 13.0. The summed E-state index contributed by atoms with van der Waals surface area (Å²) in [5.74, 6) is 3.40. The van der Waals surface area contributed by atoms with Gasteiger partial charge in [-0.3, -0.25) is 0 Å². The predicted octanol–water partition coefficient (Wildman–Crippen LogP) is 2.80. The molecule has 0 saturated heterocycles. The molecule has 0 aliphatic heterocycles. The minimum atomic E-state index is 0.758. The van der Waals surface area contributed by atoms with Crippen LogP contribution in [0.3, 0.4) is 0 Å². The van der Waals surface area contributed by atoms with E-state index in [0.29, 0.717) is 0 Å². The fourth-order valence-corrected chi connectivity index (χ4v) is 2.20. The van der Waals surface area contributed by atoms with Gasteiger partial charge in [0.15, 0.2) is 0 Å². The number of anilines is 2. The van der Waals surface area contributed by atoms with Crippen molar-refractivity contribution in [1.29, 1.82) is 0 Å². The largest absolute Gasteiger partial charge is 0.497 e. The summed E-state index contributed by atoms with van der Waals surface area (Å²) in [4.78, 5) is 8.82. The SMILES string of the molecule is CNc1nc(C)nc(NCCc2cccc(OC)c2)c1C. The minimum absolute atomic E-state index is 0.758. The van der Waals surface area contributed by atoms with E-state index in [1.165, 1.54) is 5.56 Å². The monoisotopic (exact) mass is 286 g/mol. The summed E-state index contributed by atoms with van der Waals surface area (Å²) in [7, 11) is 3.55. The molecule has 2 N–H and O–H groups in total. The number of benzene rings is 1. The third-order valence-electron chi connectivity index (χ3n) is 3.33. The molecule has 5 heteroatoms. The van der Waals surface area contributed by atoms with Crippen molar-refractivity contribution >= 4 is 11.6 Å². The first-order chi connectivity index (χ1) is 10.1. The van der Waals surface area contributed by atoms with Gasteiger partial charge in [0.1, 0.15) is 23.2 Å². The summed E-state index contributed by atoms with van der Waals surface area (Å²) in [6.45, 7) is 4.72. The van der Waals surface area contributed by atoms with Gasteiger partial charge in [-0.05, 0) is 38.0 Å². The number of methoxy groups -OCH3 is 1. The Morgan fingerprint density at radius 2 is 1.90 bits per heavy atom. The lowest BCUT2D eigenvalue weighted by molar-refractivity contribution is 0.414. The number of aryl methyl sites for hydroxylation is 1. The average molecular weight is 286 g/mol. The summed E-state index contributed by atoms with van der Waals surface area (Å²) in [5, 5.41) is 6.47. The van der Waals surface area contributed by atoms with Gasteiger partial charge in [-0.15, -0.1) is 0 Å². The summed E-state index contributed by atoms with van der Waals surface area (Å²) < 4.78 is 5.24. The second-order valence-electron chi connectivity index (χ2n) is 4.87. The Morgan fingerprint density at radius 3 is 2.62 bits per heavy atom. The van der Waals surface area contributed by atoms with Crippen LogP contribution in [0.1, 0.15) is 17.0 Å². The average Bonchev–Trinajstić information content (AvgIpc) is 2.50. The van der Waals surface area contributed by atoms with Crippen molar-refractivity contribution in [3.05, 3.63) is 41.2 Å². The highest BCUT2D eigenvalue weighted by molar-refractivity contribution is 5.56. The first kappa shape index (κ1) is 15.1. The van der Waals surface area contributed by atoms with E-state index in [0.717, 1.165) is 41.7 Å². The smallest absolute Gasteiger partial charge is 0.134 e. The van der Waals surface area contributed by atoms with Crippen molar-refractivity contribution in [2.75, 3.05) is 31.3 Å². The molecule has 0 amide bonds. The van der Waals surface area contributed by atoms with Gasteiger partial charge in [-0.25, -0.2) is 9.97 Å². The predicted molar refractivity (Wildman–Crippen MR) is 86.2 cm³/mol. The Morgan fingerprint density at radius 1 is 1.14 bits per heavy atom. The molecule has 0 unspecified atom stereocenters. The molecular formula is C16H22N4O. The first-order valence-electron chi connectivity index (χ1n) is 7.04. The summed E-state index contributed by atoms with van der Waals surface area (Å²) in [6.07, 6.45) is 0.911. The molecule has 5 nitrogen and oxygen atoms in total. The van der Waals surface area contributed by atoms with Crippen molar-refractivity contribution in [3.8, 4) is 5.75 Å². The fraction of sp³-hybridized carbons (Fsp3) is 0.375. The van der Waals surface area contributed by atoms with Crippen LogP contribution in [0.25, 0.3) is 0 Å². The molecule has 1 heterocycles. The Hall–Kier alpha value is -2.30. The maximum Gasteiger partial charge on any atom is 0.134 e. The molecule has 0 aliphatic carbocycles. The maximum absolute atomic E-state index is 5.24. The van der Waals surface area contributed by atoms with Crippen LogP contribution in [0, 0.1) is 13.8 Å². The topological polar surface area (TPSA) is 59.1 Å². The van der Waals surface area contributed by atoms with E-state index in [1.54, 1.807) is 7.11 Å². The van der Waals surface area contributed by atoms with E-state index < -0.39 is 0 Å². The Balaban J connectivity index is 2.01. The van der Waals surface area contributed by atoms with Crippen molar-refractivity contribution in [2.45, 2.75) is 20.3 Å². The molecule has 2 rings (SSSR count). The van der Waals surface area contributed by atoms with Crippen LogP contribution >= 0.6 is 0 Å². The number of nitrogens with one attached hydrogen (secondary N) is 2. The van der Waals surface area contributed by atoms with E-state index >= 15 is 0 Å². The molecule has 112 valence electrons. The maximum atomic E-state index is 5.24. The minimum Gasteiger partial charge on any atom is -0.497 e. The van der Waals surface area contributed by atoms with Gasteiger partial charge in [0.25, 0.3) is 0 Å². The molecule has 0 aliphatic rings. The highest BCUT2D eigenvalue weighted by Crippen LogP contribution is 2.19. The molecule has 0 radical (unpaired) electrons. The van der Waals surface area contributed by atoms with Crippen molar-refractivity contribution in [1.82, 2.24) is 9.97 Å². The van der Waals surface area contributed by atoms with E-state index in [-0.39, 0.29) is 0 Å². The van der Waals surface area contributed by atoms with Crippen LogP contribution in [-0.4, -0.2) is 30.7 Å². The third-order valence-corrected chi connectivity index (χ3v) is 3.33. The number of hydrogen-bond acceptors (Lipinski definition) is 5. The Kier molecular flexibility index (Phi) is 4.98. The van der Waals surface area contributed by atoms with Gasteiger partial charge < -0.3 is 15.4 Å². The normalized spacial score (nSPS) is 10.3. The number of ether oxygens (including phenoxy) is 1. The zero-order valence-corrected chi connectivity index (χ0v) is 13.0. The molecule has 0 bridgehead atoms. The molecule has 1 aromatic carbocycles. The second kappa shape index (κ2) is 6.92. The quantitative estimate of drug-likeness (QED) is 0.855. The third kappa shape index (κ3) is 3.84. The van der Waals surface area contributed by atoms with Crippen LogP contribution in [0.4, 0.5) is 11.6 Å². The second-order valence-corrected chi connectivity index (χ2v) is 4.87. The molecular weight excluding hydrogens is 264 g/mol. The standard InChI is InChI=1S/C16H22N4O/c1-11-15(17-3)19-12(2)20-16(11)18-9-8-13-6-5-7-14(10-13)21-4/h5-7,10H,8-9H2,1-4H3,(H2,17,18,19,20). The summed E-state index contributed by atoms with van der Waals surface area (Å²) >= 11 is 0. The van der Waals surface area contributed by atoms with Crippen LogP contribution in [-0.2, 0) is 6.42 Å². The Labute approximate surface area is 125 Å². The van der Waals surface area contributed by atoms with E-state index in [9.17, 15) is 0 Å². The first-order valence-corrected chi connectivity index (χ1v) is 7.04. The lowest BCUT2D eigenvalue weighted by Gasteiger charge is -2.12. The fourth-order valence-electron chi connectivity index (χ4n) is 2.20. The number of rotatable bonds is 6. The summed E-state index contributed by atoms with van der Waals surface area (Å²) in [6, 6.07) is 8.11. The number of hydrogen-bond donors (Lipinski definition) is 2. The van der Waals surface area contributed by atoms with Gasteiger partial charge >= 0.3 is 0 Å². The molecule has 21 heavy (non-hydrogen) atoms. The zero-order chi connectivity index (χ0) is 15.2. The lowest BCUT2D eigenvalue weighted by atomic mass is 10.1. The van der Waals surface area contributed by atoms with Crippen molar-refractivity contribution < 1.29 is 4.74 Å². The highest BCUT2D eigenvalue weighted by atomic mass is 16.5. The molecule has 0 saturated carbocycles. The lowest BCUT2D eigenvalue weighted by Crippen LogP contribution is -2.11.